The van der Waals surface area contributed by atoms with Gasteiger partial charge in [0.25, 0.3) is 0 Å². The van der Waals surface area contributed by atoms with E-state index in [1.54, 1.807) is 24.3 Å². The number of hydrogen-bond acceptors (Lipinski definition) is 8. The van der Waals surface area contributed by atoms with E-state index in [1.165, 1.54) is 18.2 Å². The Morgan fingerprint density at radius 3 is 2.81 bits per heavy atom. The van der Waals surface area contributed by atoms with Gasteiger partial charge in [0, 0.05) is 16.8 Å². The van der Waals surface area contributed by atoms with Crippen LogP contribution in [0, 0.1) is 0 Å². The van der Waals surface area contributed by atoms with Gasteiger partial charge in [-0.15, -0.1) is 10.2 Å². The number of aromatic nitrogens is 4. The highest BCUT2D eigenvalue weighted by Gasteiger charge is 2.16. The molecule has 1 aliphatic rings. The van der Waals surface area contributed by atoms with Crippen molar-refractivity contribution < 1.29 is 24.2 Å². The molecule has 1 aliphatic heterocycles. The van der Waals surface area contributed by atoms with Crippen molar-refractivity contribution in [3.63, 3.8) is 0 Å². The fourth-order valence-electron chi connectivity index (χ4n) is 2.55. The lowest BCUT2D eigenvalue weighted by molar-refractivity contribution is -0.254. The molecule has 136 valence electrons. The largest absolute Gasteiger partial charge is 0.545 e. The fourth-order valence-corrected chi connectivity index (χ4v) is 2.55. The van der Waals surface area contributed by atoms with Gasteiger partial charge in [0.2, 0.25) is 18.5 Å². The summed E-state index contributed by atoms with van der Waals surface area (Å²) in [5.74, 6) is -0.345. The predicted octanol–water partition coefficient (Wildman–Crippen LogP) is 0.0710. The number of tetrazole rings is 1. The van der Waals surface area contributed by atoms with Crippen molar-refractivity contribution in [3.05, 3.63) is 48.0 Å². The van der Waals surface area contributed by atoms with Gasteiger partial charge in [-0.1, -0.05) is 18.2 Å². The van der Waals surface area contributed by atoms with Gasteiger partial charge in [-0.25, -0.2) is 0 Å². The Hall–Kier alpha value is -3.95. The topological polar surface area (TPSA) is 131 Å². The van der Waals surface area contributed by atoms with E-state index in [4.69, 9.17) is 9.47 Å². The molecule has 4 rings (SSSR count). The zero-order chi connectivity index (χ0) is 18.8. The van der Waals surface area contributed by atoms with Crippen LogP contribution in [0.1, 0.15) is 10.4 Å². The molecular formula is C17H12N5O5-. The second-order valence-electron chi connectivity index (χ2n) is 5.59. The Kier molecular flexibility index (Phi) is 4.13. The number of carboxylic acid groups (broad SMARTS) is 1. The molecule has 0 atom stereocenters. The van der Waals surface area contributed by atoms with Gasteiger partial charge in [-0.05, 0) is 29.5 Å². The van der Waals surface area contributed by atoms with Crippen LogP contribution in [0.2, 0.25) is 0 Å². The van der Waals surface area contributed by atoms with E-state index in [1.807, 2.05) is 0 Å². The van der Waals surface area contributed by atoms with E-state index in [0.717, 1.165) is 4.80 Å². The summed E-state index contributed by atoms with van der Waals surface area (Å²) >= 11 is 0. The number of nitrogens with zero attached hydrogens (tertiary/aromatic N) is 4. The third-order valence-corrected chi connectivity index (χ3v) is 3.79. The van der Waals surface area contributed by atoms with Crippen LogP contribution in [-0.4, -0.2) is 38.9 Å². The predicted molar refractivity (Wildman–Crippen MR) is 88.8 cm³/mol. The lowest BCUT2D eigenvalue weighted by atomic mass is 10.2. The standard InChI is InChI=1S/C17H13N5O5/c23-15(18-12-4-2-1-3-11(12)17(24)25)8-22-20-16(19-21-22)10-5-6-13-14(7-10)27-9-26-13/h1-7H,8-9H2,(H,18,23)(H,24,25)/p-1. The minimum Gasteiger partial charge on any atom is -0.545 e. The van der Waals surface area contributed by atoms with Crippen LogP contribution in [-0.2, 0) is 11.3 Å². The zero-order valence-corrected chi connectivity index (χ0v) is 13.8. The highest BCUT2D eigenvalue weighted by atomic mass is 16.7. The van der Waals surface area contributed by atoms with Gasteiger partial charge in [0.1, 0.15) is 6.54 Å². The average Bonchev–Trinajstić information content (AvgIpc) is 3.30. The number of carbonyl (C=O) groups is 2. The van der Waals surface area contributed by atoms with E-state index < -0.39 is 11.9 Å². The van der Waals surface area contributed by atoms with E-state index >= 15 is 0 Å². The normalized spacial score (nSPS) is 12.0. The van der Waals surface area contributed by atoms with Crippen LogP contribution >= 0.6 is 0 Å². The second kappa shape index (κ2) is 6.75. The number of amides is 1. The number of ether oxygens (including phenoxy) is 2. The van der Waals surface area contributed by atoms with Gasteiger partial charge >= 0.3 is 0 Å². The van der Waals surface area contributed by atoms with Gasteiger partial charge in [0.05, 0.1) is 5.97 Å². The van der Waals surface area contributed by atoms with Crippen LogP contribution in [0.5, 0.6) is 11.5 Å². The van der Waals surface area contributed by atoms with Crippen LogP contribution < -0.4 is 19.9 Å². The second-order valence-corrected chi connectivity index (χ2v) is 5.59. The molecule has 10 nitrogen and oxygen atoms in total. The van der Waals surface area contributed by atoms with E-state index in [9.17, 15) is 14.7 Å². The maximum Gasteiger partial charge on any atom is 0.248 e. The molecule has 0 saturated heterocycles. The first-order chi connectivity index (χ1) is 13.1. The number of nitrogens with one attached hydrogen (secondary N) is 1. The Balaban J connectivity index is 1.47. The third-order valence-electron chi connectivity index (χ3n) is 3.79. The molecular weight excluding hydrogens is 354 g/mol. The van der Waals surface area contributed by atoms with E-state index in [-0.39, 0.29) is 24.6 Å². The summed E-state index contributed by atoms with van der Waals surface area (Å²) in [7, 11) is 0. The van der Waals surface area contributed by atoms with Crippen molar-refractivity contribution in [1.82, 2.24) is 20.2 Å². The number of aromatic carboxylic acids is 1. The molecule has 0 aliphatic carbocycles. The maximum absolute atomic E-state index is 12.2. The molecule has 0 bridgehead atoms. The first kappa shape index (κ1) is 16.5. The molecule has 2 aromatic carbocycles. The minimum atomic E-state index is -1.38. The average molecular weight is 366 g/mol. The SMILES string of the molecule is O=C(Cn1nnc(-c2ccc3c(c2)OCO3)n1)Nc1ccccc1C(=O)[O-]. The smallest absolute Gasteiger partial charge is 0.248 e. The fraction of sp³-hybridized carbons (Fsp3) is 0.118. The number of carboxylic acids is 1. The lowest BCUT2D eigenvalue weighted by Crippen LogP contribution is -2.26. The molecule has 1 N–H and O–H groups in total. The molecule has 2 heterocycles. The summed E-state index contributed by atoms with van der Waals surface area (Å²) < 4.78 is 10.6. The van der Waals surface area contributed by atoms with E-state index in [0.29, 0.717) is 22.9 Å². The summed E-state index contributed by atoms with van der Waals surface area (Å²) in [4.78, 5) is 24.4. The van der Waals surface area contributed by atoms with Crippen LogP contribution in [0.15, 0.2) is 42.5 Å². The molecule has 0 saturated carbocycles. The Morgan fingerprint density at radius 2 is 1.96 bits per heavy atom. The quantitative estimate of drug-likeness (QED) is 0.671. The van der Waals surface area contributed by atoms with Crippen LogP contribution in [0.3, 0.4) is 0 Å². The Labute approximate surface area is 152 Å². The first-order valence-electron chi connectivity index (χ1n) is 7.88. The summed E-state index contributed by atoms with van der Waals surface area (Å²) in [5, 5.41) is 25.5. The first-order valence-corrected chi connectivity index (χ1v) is 7.88. The third kappa shape index (κ3) is 3.40. The molecule has 27 heavy (non-hydrogen) atoms. The Morgan fingerprint density at radius 1 is 1.15 bits per heavy atom. The lowest BCUT2D eigenvalue weighted by Gasteiger charge is -2.11. The summed E-state index contributed by atoms with van der Waals surface area (Å²) in [6.07, 6.45) is 0. The number of rotatable bonds is 5. The molecule has 0 spiro atoms. The van der Waals surface area contributed by atoms with Crippen LogP contribution in [0.25, 0.3) is 11.4 Å². The van der Waals surface area contributed by atoms with Crippen LogP contribution in [0.4, 0.5) is 5.69 Å². The van der Waals surface area contributed by atoms with Gasteiger partial charge in [-0.2, -0.15) is 4.80 Å². The molecule has 10 heteroatoms. The number of para-hydroxylation sites is 1. The van der Waals surface area contributed by atoms with Crippen molar-refractivity contribution in [2.24, 2.45) is 0 Å². The summed E-state index contributed by atoms with van der Waals surface area (Å²) in [6, 6.07) is 11.2. The van der Waals surface area contributed by atoms with E-state index in [2.05, 4.69) is 20.7 Å². The van der Waals surface area contributed by atoms with Gasteiger partial charge in [0.15, 0.2) is 11.5 Å². The van der Waals surface area contributed by atoms with Crippen molar-refractivity contribution >= 4 is 17.6 Å². The van der Waals surface area contributed by atoms with Crippen molar-refractivity contribution in [1.29, 1.82) is 0 Å². The summed E-state index contributed by atoms with van der Waals surface area (Å²) in [5.41, 5.74) is 0.685. The number of fused-ring (bicyclic) bond motifs is 1. The zero-order valence-electron chi connectivity index (χ0n) is 13.8. The summed E-state index contributed by atoms with van der Waals surface area (Å²) in [6.45, 7) is -0.0780. The van der Waals surface area contributed by atoms with Crippen molar-refractivity contribution in [2.75, 3.05) is 12.1 Å². The molecule has 3 aromatic rings. The van der Waals surface area contributed by atoms with Crippen molar-refractivity contribution in [3.8, 4) is 22.9 Å². The molecule has 0 fully saturated rings. The minimum absolute atomic E-state index is 0.113. The number of hydrogen-bond donors (Lipinski definition) is 1. The molecule has 0 unspecified atom stereocenters. The maximum atomic E-state index is 12.2. The Bertz CT molecular complexity index is 1030. The molecule has 0 radical (unpaired) electrons. The monoisotopic (exact) mass is 366 g/mol. The number of benzene rings is 2. The molecule has 1 amide bonds. The van der Waals surface area contributed by atoms with Gasteiger partial charge in [-0.3, -0.25) is 4.79 Å². The van der Waals surface area contributed by atoms with Gasteiger partial charge < -0.3 is 24.7 Å². The number of anilines is 1. The molecule has 1 aromatic heterocycles. The highest BCUT2D eigenvalue weighted by molar-refractivity contribution is 5.99. The highest BCUT2D eigenvalue weighted by Crippen LogP contribution is 2.34. The number of carbonyl (C=O) groups excluding carboxylic acids is 2. The van der Waals surface area contributed by atoms with Crippen molar-refractivity contribution in [2.45, 2.75) is 6.54 Å².